The molecule has 2 amide bonds. The molecule has 0 aromatic heterocycles. The van der Waals surface area contributed by atoms with E-state index in [1.807, 2.05) is 48.5 Å². The average molecular weight is 388 g/mol. The summed E-state index contributed by atoms with van der Waals surface area (Å²) in [5.74, 6) is 0.106. The second kappa shape index (κ2) is 10.2. The first-order chi connectivity index (χ1) is 12.0. The normalized spacial score (nSPS) is 14.9. The molecule has 2 atom stereocenters. The molecule has 0 rings (SSSR count). The summed E-state index contributed by atoms with van der Waals surface area (Å²) in [7, 11) is 0. The van der Waals surface area contributed by atoms with Gasteiger partial charge in [-0.05, 0) is 79.2 Å². The molecule has 0 aromatic rings. The van der Waals surface area contributed by atoms with Crippen LogP contribution in [-0.2, 0) is 9.47 Å². The Morgan fingerprint density at radius 1 is 0.926 bits per heavy atom. The molecule has 0 aromatic carbocycles. The van der Waals surface area contributed by atoms with Gasteiger partial charge < -0.3 is 25.8 Å². The van der Waals surface area contributed by atoms with Crippen molar-refractivity contribution >= 4 is 12.2 Å². The SMILES string of the molecule is C[C@@H](NC(=O)OC(C)(C)C)[C@H](CN)CC(C)(C)CCNC(=O)OC(C)(C)C. The van der Waals surface area contributed by atoms with Gasteiger partial charge in [0.25, 0.3) is 0 Å². The van der Waals surface area contributed by atoms with Crippen LogP contribution in [0, 0.1) is 11.3 Å². The Morgan fingerprint density at radius 3 is 1.85 bits per heavy atom. The molecular weight excluding hydrogens is 346 g/mol. The highest BCUT2D eigenvalue weighted by Gasteiger charge is 2.28. The maximum absolute atomic E-state index is 12.0. The smallest absolute Gasteiger partial charge is 0.407 e. The summed E-state index contributed by atoms with van der Waals surface area (Å²) < 4.78 is 10.6. The number of hydrogen-bond acceptors (Lipinski definition) is 5. The molecule has 7 nitrogen and oxygen atoms in total. The number of carbonyl (C=O) groups excluding carboxylic acids is 2. The van der Waals surface area contributed by atoms with Crippen molar-refractivity contribution in [2.75, 3.05) is 13.1 Å². The number of hydrogen-bond donors (Lipinski definition) is 3. The summed E-state index contributed by atoms with van der Waals surface area (Å²) in [5.41, 5.74) is 4.86. The molecule has 0 aliphatic heterocycles. The molecule has 0 aliphatic carbocycles. The summed E-state index contributed by atoms with van der Waals surface area (Å²) in [6.07, 6.45) is 0.754. The van der Waals surface area contributed by atoms with Crippen LogP contribution >= 0.6 is 0 Å². The largest absolute Gasteiger partial charge is 0.444 e. The van der Waals surface area contributed by atoms with Crippen molar-refractivity contribution in [3.8, 4) is 0 Å². The van der Waals surface area contributed by atoms with Gasteiger partial charge in [-0.15, -0.1) is 0 Å². The Morgan fingerprint density at radius 2 is 1.41 bits per heavy atom. The highest BCUT2D eigenvalue weighted by molar-refractivity contribution is 5.68. The van der Waals surface area contributed by atoms with E-state index in [9.17, 15) is 9.59 Å². The van der Waals surface area contributed by atoms with Crippen molar-refractivity contribution in [3.05, 3.63) is 0 Å². The summed E-state index contributed by atoms with van der Waals surface area (Å²) in [6.45, 7) is 18.2. The van der Waals surface area contributed by atoms with Crippen molar-refractivity contribution in [2.45, 2.75) is 92.4 Å². The van der Waals surface area contributed by atoms with Gasteiger partial charge in [0.2, 0.25) is 0 Å². The first-order valence-electron chi connectivity index (χ1n) is 9.71. The Kier molecular flexibility index (Phi) is 9.59. The molecule has 0 saturated heterocycles. The Hall–Kier alpha value is -1.50. The van der Waals surface area contributed by atoms with Gasteiger partial charge >= 0.3 is 12.2 Å². The lowest BCUT2D eigenvalue weighted by Gasteiger charge is -2.33. The fourth-order valence-corrected chi connectivity index (χ4v) is 2.70. The van der Waals surface area contributed by atoms with Crippen LogP contribution in [0.4, 0.5) is 9.59 Å². The molecule has 4 N–H and O–H groups in total. The number of ether oxygens (including phenoxy) is 2. The van der Waals surface area contributed by atoms with E-state index in [0.717, 1.165) is 12.8 Å². The maximum atomic E-state index is 12.0. The number of amides is 2. The molecule has 0 bridgehead atoms. The van der Waals surface area contributed by atoms with Gasteiger partial charge in [0.05, 0.1) is 0 Å². The van der Waals surface area contributed by atoms with E-state index in [1.54, 1.807) is 0 Å². The number of alkyl carbamates (subject to hydrolysis) is 2. The Balaban J connectivity index is 4.52. The molecule has 160 valence electrons. The molecule has 0 spiro atoms. The van der Waals surface area contributed by atoms with Gasteiger partial charge in [-0.2, -0.15) is 0 Å². The van der Waals surface area contributed by atoms with Crippen LogP contribution in [0.1, 0.15) is 75.2 Å². The van der Waals surface area contributed by atoms with Crippen molar-refractivity contribution in [1.29, 1.82) is 0 Å². The fraction of sp³-hybridized carbons (Fsp3) is 0.900. The first kappa shape index (κ1) is 25.5. The Bertz CT molecular complexity index is 479. The highest BCUT2D eigenvalue weighted by Crippen LogP contribution is 2.30. The van der Waals surface area contributed by atoms with Crippen LogP contribution in [-0.4, -0.2) is 42.5 Å². The molecule has 27 heavy (non-hydrogen) atoms. The average Bonchev–Trinajstić information content (AvgIpc) is 2.40. The minimum Gasteiger partial charge on any atom is -0.444 e. The zero-order valence-electron chi connectivity index (χ0n) is 18.7. The van der Waals surface area contributed by atoms with Gasteiger partial charge in [-0.3, -0.25) is 0 Å². The molecular formula is C20H41N3O4. The number of rotatable bonds is 8. The third-order valence-corrected chi connectivity index (χ3v) is 4.04. The standard InChI is InChI=1S/C20H41N3O4/c1-14(23-17(25)27-19(5,6)7)15(13-21)12-20(8,9)10-11-22-16(24)26-18(2,3)4/h14-15H,10-13,21H2,1-9H3,(H,22,24)(H,23,25)/t14-,15+/m1/s1. The number of nitrogens with one attached hydrogen (secondary N) is 2. The number of carbonyl (C=O) groups is 2. The van der Waals surface area contributed by atoms with Gasteiger partial charge in [0.15, 0.2) is 0 Å². The van der Waals surface area contributed by atoms with E-state index in [-0.39, 0.29) is 17.4 Å². The van der Waals surface area contributed by atoms with Crippen LogP contribution in [0.3, 0.4) is 0 Å². The van der Waals surface area contributed by atoms with E-state index in [4.69, 9.17) is 15.2 Å². The van der Waals surface area contributed by atoms with Crippen molar-refractivity contribution in [2.24, 2.45) is 17.1 Å². The predicted molar refractivity (Wildman–Crippen MR) is 109 cm³/mol. The van der Waals surface area contributed by atoms with Crippen molar-refractivity contribution in [3.63, 3.8) is 0 Å². The van der Waals surface area contributed by atoms with Gasteiger partial charge in [0, 0.05) is 12.6 Å². The zero-order chi connectivity index (χ0) is 21.5. The van der Waals surface area contributed by atoms with Gasteiger partial charge in [0.1, 0.15) is 11.2 Å². The van der Waals surface area contributed by atoms with Gasteiger partial charge in [-0.25, -0.2) is 9.59 Å². The van der Waals surface area contributed by atoms with Gasteiger partial charge in [-0.1, -0.05) is 13.8 Å². The van der Waals surface area contributed by atoms with Crippen LogP contribution in [0.15, 0.2) is 0 Å². The second-order valence-electron chi connectivity index (χ2n) is 9.98. The van der Waals surface area contributed by atoms with Crippen LogP contribution < -0.4 is 16.4 Å². The van der Waals surface area contributed by atoms with E-state index < -0.39 is 23.4 Å². The summed E-state index contributed by atoms with van der Waals surface area (Å²) in [4.78, 5) is 23.7. The quantitative estimate of drug-likeness (QED) is 0.588. The minimum atomic E-state index is -0.533. The highest BCUT2D eigenvalue weighted by atomic mass is 16.6. The predicted octanol–water partition coefficient (Wildman–Crippen LogP) is 3.81. The lowest BCUT2D eigenvalue weighted by atomic mass is 9.78. The van der Waals surface area contributed by atoms with Crippen LogP contribution in [0.25, 0.3) is 0 Å². The minimum absolute atomic E-state index is 0.0527. The molecule has 0 unspecified atom stereocenters. The van der Waals surface area contributed by atoms with Crippen LogP contribution in [0.2, 0.25) is 0 Å². The van der Waals surface area contributed by atoms with Crippen LogP contribution in [0.5, 0.6) is 0 Å². The first-order valence-corrected chi connectivity index (χ1v) is 9.71. The fourth-order valence-electron chi connectivity index (χ4n) is 2.70. The molecule has 7 heteroatoms. The molecule has 0 saturated carbocycles. The Labute approximate surface area is 165 Å². The zero-order valence-corrected chi connectivity index (χ0v) is 18.7. The van der Waals surface area contributed by atoms with E-state index in [1.165, 1.54) is 0 Å². The number of nitrogens with two attached hydrogens (primary N) is 1. The topological polar surface area (TPSA) is 103 Å². The summed E-state index contributed by atoms with van der Waals surface area (Å²) in [5, 5.41) is 5.67. The van der Waals surface area contributed by atoms with Crippen molar-refractivity contribution < 1.29 is 19.1 Å². The third kappa shape index (κ3) is 13.3. The lowest BCUT2D eigenvalue weighted by molar-refractivity contribution is 0.0472. The summed E-state index contributed by atoms with van der Waals surface area (Å²) in [6, 6.07) is -0.108. The maximum Gasteiger partial charge on any atom is 0.407 e. The molecule has 0 aliphatic rings. The van der Waals surface area contributed by atoms with Crippen molar-refractivity contribution in [1.82, 2.24) is 10.6 Å². The van der Waals surface area contributed by atoms with E-state index in [2.05, 4.69) is 24.5 Å². The van der Waals surface area contributed by atoms with E-state index >= 15 is 0 Å². The van der Waals surface area contributed by atoms with E-state index in [0.29, 0.717) is 13.1 Å². The summed E-state index contributed by atoms with van der Waals surface area (Å²) >= 11 is 0. The molecule has 0 heterocycles. The molecule has 0 fully saturated rings. The second-order valence-corrected chi connectivity index (χ2v) is 9.98. The lowest BCUT2D eigenvalue weighted by Crippen LogP contribution is -2.45. The monoisotopic (exact) mass is 387 g/mol. The molecule has 0 radical (unpaired) electrons. The third-order valence-electron chi connectivity index (χ3n) is 4.04.